The van der Waals surface area contributed by atoms with Crippen LogP contribution in [0, 0.1) is 5.92 Å². The van der Waals surface area contributed by atoms with Gasteiger partial charge in [0.15, 0.2) is 0 Å². The molecule has 0 radical (unpaired) electrons. The van der Waals surface area contributed by atoms with Gasteiger partial charge in [0.2, 0.25) is 5.92 Å². The van der Waals surface area contributed by atoms with Gasteiger partial charge in [-0.2, -0.15) is 0 Å². The van der Waals surface area contributed by atoms with Crippen molar-refractivity contribution in [3.8, 4) is 0 Å². The molecule has 9 heteroatoms. The van der Waals surface area contributed by atoms with Crippen LogP contribution in [0.15, 0.2) is 0 Å². The highest BCUT2D eigenvalue weighted by Crippen LogP contribution is 2.48. The lowest BCUT2D eigenvalue weighted by atomic mass is 9.68. The van der Waals surface area contributed by atoms with Gasteiger partial charge in [-0.25, -0.2) is 18.4 Å². The maximum Gasteiger partial charge on any atom is 0.404 e. The van der Waals surface area contributed by atoms with E-state index < -0.39 is 54.8 Å². The number of carbonyl (C=O) groups is 3. The number of carboxylic acid groups (broad SMARTS) is 1. The second-order valence-corrected chi connectivity index (χ2v) is 4.50. The van der Waals surface area contributed by atoms with Crippen molar-refractivity contribution in [3.63, 3.8) is 0 Å². The molecule has 1 aliphatic heterocycles. The third kappa shape index (κ3) is 1.95. The topological polar surface area (TPSA) is 108 Å². The molecule has 0 spiro atoms. The Bertz CT molecular complexity index is 420. The van der Waals surface area contributed by atoms with E-state index in [0.717, 1.165) is 0 Å². The summed E-state index contributed by atoms with van der Waals surface area (Å²) < 4.78 is 25.7. The number of nitrogens with one attached hydrogen (secondary N) is 3. The Morgan fingerprint density at radius 2 is 2.06 bits per heavy atom. The largest absolute Gasteiger partial charge is 0.465 e. The summed E-state index contributed by atoms with van der Waals surface area (Å²) in [5.74, 6) is -4.43. The lowest BCUT2D eigenvalue weighted by Gasteiger charge is -2.44. The molecule has 1 atom stereocenters. The number of rotatable bonds is 3. The number of urea groups is 1. The molecule has 100 valence electrons. The van der Waals surface area contributed by atoms with Crippen LogP contribution in [0.25, 0.3) is 0 Å². The van der Waals surface area contributed by atoms with Crippen LogP contribution in [0.4, 0.5) is 18.4 Å². The minimum Gasteiger partial charge on any atom is -0.465 e. The second kappa shape index (κ2) is 3.79. The first kappa shape index (κ1) is 12.5. The monoisotopic (exact) mass is 263 g/mol. The summed E-state index contributed by atoms with van der Waals surface area (Å²) in [6.45, 7) is -0.430. The van der Waals surface area contributed by atoms with Crippen molar-refractivity contribution in [1.29, 1.82) is 0 Å². The van der Waals surface area contributed by atoms with Crippen LogP contribution in [0.3, 0.4) is 0 Å². The van der Waals surface area contributed by atoms with Crippen molar-refractivity contribution in [2.45, 2.75) is 24.3 Å². The molecule has 2 rings (SSSR count). The molecule has 1 heterocycles. The standard InChI is InChI=1S/C9H11F2N3O4/c10-8(11)1-4(2-8)9(3-12-7(17)18)5(15)13-6(16)14-9/h4,12H,1-3H2,(H,17,18)(H2,13,14,15,16). The van der Waals surface area contributed by atoms with E-state index in [1.165, 1.54) is 0 Å². The highest BCUT2D eigenvalue weighted by Gasteiger charge is 2.61. The van der Waals surface area contributed by atoms with Crippen LogP contribution in [0.5, 0.6) is 0 Å². The molecule has 4 amide bonds. The smallest absolute Gasteiger partial charge is 0.404 e. The average Bonchev–Trinajstić information content (AvgIpc) is 2.48. The summed E-state index contributed by atoms with van der Waals surface area (Å²) in [4.78, 5) is 33.2. The first-order chi connectivity index (χ1) is 8.25. The molecule has 0 aromatic carbocycles. The van der Waals surface area contributed by atoms with Crippen molar-refractivity contribution in [2.75, 3.05) is 6.54 Å². The van der Waals surface area contributed by atoms with Crippen molar-refractivity contribution in [2.24, 2.45) is 5.92 Å². The van der Waals surface area contributed by atoms with Gasteiger partial charge in [-0.15, -0.1) is 0 Å². The van der Waals surface area contributed by atoms with Gasteiger partial charge < -0.3 is 15.7 Å². The third-order valence-electron chi connectivity index (χ3n) is 3.27. The molecule has 4 N–H and O–H groups in total. The van der Waals surface area contributed by atoms with Crippen LogP contribution < -0.4 is 16.0 Å². The molecule has 2 aliphatic rings. The number of hydrogen-bond acceptors (Lipinski definition) is 3. The maximum absolute atomic E-state index is 12.9. The molecule has 0 aromatic heterocycles. The maximum atomic E-state index is 12.9. The lowest BCUT2D eigenvalue weighted by molar-refractivity contribution is -0.148. The normalized spacial score (nSPS) is 30.3. The molecule has 0 bridgehead atoms. The van der Waals surface area contributed by atoms with Gasteiger partial charge in [0, 0.05) is 18.8 Å². The van der Waals surface area contributed by atoms with E-state index in [4.69, 9.17) is 5.11 Å². The Labute approximate surface area is 99.9 Å². The third-order valence-corrected chi connectivity index (χ3v) is 3.27. The van der Waals surface area contributed by atoms with Gasteiger partial charge in [-0.05, 0) is 0 Å². The molecule has 1 unspecified atom stereocenters. The van der Waals surface area contributed by atoms with Gasteiger partial charge >= 0.3 is 12.1 Å². The Balaban J connectivity index is 2.16. The minimum atomic E-state index is -2.87. The van der Waals surface area contributed by atoms with Gasteiger partial charge in [0.25, 0.3) is 5.91 Å². The van der Waals surface area contributed by atoms with E-state index in [1.807, 2.05) is 10.6 Å². The number of carbonyl (C=O) groups excluding carboxylic acids is 2. The zero-order chi connectivity index (χ0) is 13.6. The van der Waals surface area contributed by atoms with Crippen LogP contribution in [-0.2, 0) is 4.79 Å². The summed E-state index contributed by atoms with van der Waals surface area (Å²) >= 11 is 0. The Morgan fingerprint density at radius 3 is 2.44 bits per heavy atom. The van der Waals surface area contributed by atoms with Crippen LogP contribution in [0.2, 0.25) is 0 Å². The highest BCUT2D eigenvalue weighted by molar-refractivity contribution is 6.07. The zero-order valence-electron chi connectivity index (χ0n) is 9.13. The van der Waals surface area contributed by atoms with Crippen LogP contribution in [-0.4, -0.2) is 41.1 Å². The minimum absolute atomic E-state index is 0.430. The molecule has 1 saturated heterocycles. The van der Waals surface area contributed by atoms with Gasteiger partial charge in [-0.1, -0.05) is 0 Å². The summed E-state index contributed by atoms with van der Waals surface area (Å²) in [6.07, 6.45) is -2.50. The summed E-state index contributed by atoms with van der Waals surface area (Å²) in [5.41, 5.74) is -1.61. The second-order valence-electron chi connectivity index (χ2n) is 4.50. The van der Waals surface area contributed by atoms with E-state index in [0.29, 0.717) is 0 Å². The van der Waals surface area contributed by atoms with E-state index in [9.17, 15) is 23.2 Å². The van der Waals surface area contributed by atoms with E-state index >= 15 is 0 Å². The van der Waals surface area contributed by atoms with Crippen LogP contribution in [0.1, 0.15) is 12.8 Å². The number of amides is 4. The highest BCUT2D eigenvalue weighted by atomic mass is 19.3. The summed E-state index contributed by atoms with van der Waals surface area (Å²) in [6, 6.07) is -0.803. The fourth-order valence-corrected chi connectivity index (χ4v) is 2.29. The fraction of sp³-hybridized carbons (Fsp3) is 0.667. The predicted molar refractivity (Wildman–Crippen MR) is 53.1 cm³/mol. The van der Waals surface area contributed by atoms with Crippen molar-refractivity contribution in [1.82, 2.24) is 16.0 Å². The molecule has 7 nitrogen and oxygen atoms in total. The van der Waals surface area contributed by atoms with Crippen molar-refractivity contribution < 1.29 is 28.3 Å². The Kier molecular flexibility index (Phi) is 2.63. The Morgan fingerprint density at radius 1 is 1.44 bits per heavy atom. The van der Waals surface area contributed by atoms with E-state index in [1.54, 1.807) is 0 Å². The number of imide groups is 1. The molecule has 1 aliphatic carbocycles. The lowest BCUT2D eigenvalue weighted by Crippen LogP contribution is -2.64. The fourth-order valence-electron chi connectivity index (χ4n) is 2.29. The summed E-state index contributed by atoms with van der Waals surface area (Å²) in [5, 5.41) is 14.7. The molecular weight excluding hydrogens is 252 g/mol. The number of halogens is 2. The number of alkyl halides is 2. The van der Waals surface area contributed by atoms with E-state index in [-0.39, 0.29) is 0 Å². The van der Waals surface area contributed by atoms with Crippen molar-refractivity contribution in [3.05, 3.63) is 0 Å². The number of hydrogen-bond donors (Lipinski definition) is 4. The average molecular weight is 263 g/mol. The van der Waals surface area contributed by atoms with Gasteiger partial charge in [-0.3, -0.25) is 10.1 Å². The zero-order valence-corrected chi connectivity index (χ0v) is 9.13. The molecule has 18 heavy (non-hydrogen) atoms. The first-order valence-corrected chi connectivity index (χ1v) is 5.23. The van der Waals surface area contributed by atoms with Crippen molar-refractivity contribution >= 4 is 18.0 Å². The molecular formula is C9H11F2N3O4. The van der Waals surface area contributed by atoms with Gasteiger partial charge in [0.1, 0.15) is 5.54 Å². The quantitative estimate of drug-likeness (QED) is 0.532. The Hall–Kier alpha value is -1.93. The molecule has 2 fully saturated rings. The molecule has 1 saturated carbocycles. The first-order valence-electron chi connectivity index (χ1n) is 5.23. The SMILES string of the molecule is O=C(O)NCC1(C2CC(F)(F)C2)NC(=O)NC1=O. The van der Waals surface area contributed by atoms with Crippen LogP contribution >= 0.6 is 0 Å². The predicted octanol–water partition coefficient (Wildman–Crippen LogP) is -0.123. The van der Waals surface area contributed by atoms with E-state index in [2.05, 4.69) is 5.32 Å². The summed E-state index contributed by atoms with van der Waals surface area (Å²) in [7, 11) is 0. The molecule has 0 aromatic rings. The van der Waals surface area contributed by atoms with Gasteiger partial charge in [0.05, 0.1) is 6.54 Å².